The predicted octanol–water partition coefficient (Wildman–Crippen LogP) is 2.58. The fourth-order valence-corrected chi connectivity index (χ4v) is 2.83. The van der Waals surface area contributed by atoms with E-state index in [0.717, 1.165) is 29.7 Å². The molecule has 0 aliphatic heterocycles. The van der Waals surface area contributed by atoms with Crippen molar-refractivity contribution in [1.29, 1.82) is 0 Å². The lowest BCUT2D eigenvalue weighted by molar-refractivity contribution is 0.0948. The molecule has 0 bridgehead atoms. The molecule has 1 aliphatic carbocycles. The lowest BCUT2D eigenvalue weighted by Gasteiger charge is -2.25. The highest BCUT2D eigenvalue weighted by atomic mass is 16.5. The molecule has 3 rings (SSSR count). The molecule has 1 amide bonds. The number of aromatic nitrogens is 1. The molecule has 2 aromatic rings. The minimum Gasteiger partial charge on any atom is -0.491 e. The molecule has 0 atom stereocenters. The van der Waals surface area contributed by atoms with Crippen LogP contribution in [0.1, 0.15) is 46.8 Å². The van der Waals surface area contributed by atoms with Crippen LogP contribution in [0.15, 0.2) is 36.5 Å². The molecule has 3 N–H and O–H groups in total. The van der Waals surface area contributed by atoms with Crippen molar-refractivity contribution in [3.63, 3.8) is 0 Å². The number of rotatable bonds is 7. The van der Waals surface area contributed by atoms with Gasteiger partial charge in [-0.25, -0.2) is 0 Å². The number of carbonyl (C=O) groups is 1. The summed E-state index contributed by atoms with van der Waals surface area (Å²) in [6.45, 7) is 0.610. The van der Waals surface area contributed by atoms with Crippen LogP contribution in [0.3, 0.4) is 0 Å². The third kappa shape index (κ3) is 3.56. The summed E-state index contributed by atoms with van der Waals surface area (Å²) in [5, 5.41) is 11.8. The third-order valence-electron chi connectivity index (χ3n) is 4.30. The number of nitrogens with one attached hydrogen (secondary N) is 2. The fraction of sp³-hybridized carbons (Fsp3) is 0.389. The number of amides is 1. The molecule has 0 spiro atoms. The highest BCUT2D eigenvalue weighted by Crippen LogP contribution is 2.37. The molecule has 5 nitrogen and oxygen atoms in total. The Bertz CT molecular complexity index is 662. The van der Waals surface area contributed by atoms with Crippen LogP contribution in [0.2, 0.25) is 0 Å². The van der Waals surface area contributed by atoms with Crippen molar-refractivity contribution in [3.8, 4) is 5.75 Å². The Balaban J connectivity index is 1.64. The number of benzene rings is 1. The zero-order valence-corrected chi connectivity index (χ0v) is 13.0. The van der Waals surface area contributed by atoms with Crippen molar-refractivity contribution in [3.05, 3.63) is 53.3 Å². The first-order valence-corrected chi connectivity index (χ1v) is 8.06. The Kier molecular flexibility index (Phi) is 4.98. The smallest absolute Gasteiger partial charge is 0.253 e. The fourth-order valence-electron chi connectivity index (χ4n) is 2.83. The van der Waals surface area contributed by atoms with Gasteiger partial charge in [-0.15, -0.1) is 0 Å². The van der Waals surface area contributed by atoms with E-state index >= 15 is 0 Å². The van der Waals surface area contributed by atoms with E-state index < -0.39 is 0 Å². The van der Waals surface area contributed by atoms with Crippen molar-refractivity contribution < 1.29 is 14.6 Å². The molecule has 122 valence electrons. The van der Waals surface area contributed by atoms with Crippen molar-refractivity contribution >= 4 is 5.91 Å². The number of ether oxygens (including phenoxy) is 1. The number of hydrogen-bond donors (Lipinski definition) is 3. The SMILES string of the molecule is O=C(NCc1ccccc1OCCO)c1cc[nH]c1C1CCC1. The van der Waals surface area contributed by atoms with Gasteiger partial charge in [0.25, 0.3) is 5.91 Å². The van der Waals surface area contributed by atoms with Crippen LogP contribution in [0.5, 0.6) is 5.75 Å². The number of aliphatic hydroxyl groups is 1. The van der Waals surface area contributed by atoms with Gasteiger partial charge < -0.3 is 20.1 Å². The van der Waals surface area contributed by atoms with E-state index in [0.29, 0.717) is 18.2 Å². The molecular formula is C18H22N2O3. The quantitative estimate of drug-likeness (QED) is 0.735. The lowest BCUT2D eigenvalue weighted by Crippen LogP contribution is -2.25. The maximum atomic E-state index is 12.5. The monoisotopic (exact) mass is 314 g/mol. The van der Waals surface area contributed by atoms with Crippen LogP contribution in [0.25, 0.3) is 0 Å². The Labute approximate surface area is 135 Å². The normalized spacial score (nSPS) is 14.3. The molecular weight excluding hydrogens is 292 g/mol. The van der Waals surface area contributed by atoms with Gasteiger partial charge in [0.15, 0.2) is 0 Å². The van der Waals surface area contributed by atoms with Gasteiger partial charge in [-0.2, -0.15) is 0 Å². The Morgan fingerprint density at radius 1 is 1.30 bits per heavy atom. The molecule has 1 heterocycles. The zero-order chi connectivity index (χ0) is 16.1. The first-order valence-electron chi connectivity index (χ1n) is 8.06. The molecule has 1 aliphatic rings. The maximum Gasteiger partial charge on any atom is 0.253 e. The Hall–Kier alpha value is -2.27. The number of para-hydroxylation sites is 1. The minimum absolute atomic E-state index is 0.0329. The lowest BCUT2D eigenvalue weighted by atomic mass is 9.81. The van der Waals surface area contributed by atoms with Crippen LogP contribution in [0, 0.1) is 0 Å². The second-order valence-corrected chi connectivity index (χ2v) is 5.80. The molecule has 1 saturated carbocycles. The van der Waals surface area contributed by atoms with Gasteiger partial charge in [-0.3, -0.25) is 4.79 Å². The number of H-pyrrole nitrogens is 1. The van der Waals surface area contributed by atoms with Gasteiger partial charge in [-0.05, 0) is 30.9 Å². The molecule has 1 fully saturated rings. The highest BCUT2D eigenvalue weighted by molar-refractivity contribution is 5.95. The van der Waals surface area contributed by atoms with Crippen molar-refractivity contribution in [2.45, 2.75) is 31.7 Å². The van der Waals surface area contributed by atoms with Crippen LogP contribution < -0.4 is 10.1 Å². The van der Waals surface area contributed by atoms with Gasteiger partial charge in [0.1, 0.15) is 12.4 Å². The second-order valence-electron chi connectivity index (χ2n) is 5.80. The van der Waals surface area contributed by atoms with Crippen LogP contribution >= 0.6 is 0 Å². The van der Waals surface area contributed by atoms with Crippen molar-refractivity contribution in [2.75, 3.05) is 13.2 Å². The van der Waals surface area contributed by atoms with Crippen LogP contribution in [0.4, 0.5) is 0 Å². The zero-order valence-electron chi connectivity index (χ0n) is 13.0. The molecule has 0 unspecified atom stereocenters. The Morgan fingerprint density at radius 3 is 2.87 bits per heavy atom. The van der Waals surface area contributed by atoms with Gasteiger partial charge >= 0.3 is 0 Å². The largest absolute Gasteiger partial charge is 0.491 e. The van der Waals surface area contributed by atoms with Gasteiger partial charge in [0.2, 0.25) is 0 Å². The molecule has 1 aromatic carbocycles. The summed E-state index contributed by atoms with van der Waals surface area (Å²) in [6, 6.07) is 9.38. The summed E-state index contributed by atoms with van der Waals surface area (Å²) in [5.74, 6) is 1.12. The molecule has 1 aromatic heterocycles. The van der Waals surface area contributed by atoms with Gasteiger partial charge in [-0.1, -0.05) is 24.6 Å². The molecule has 23 heavy (non-hydrogen) atoms. The number of aromatic amines is 1. The van der Waals surface area contributed by atoms with E-state index in [2.05, 4.69) is 10.3 Å². The topological polar surface area (TPSA) is 74.3 Å². The first kappa shape index (κ1) is 15.6. The summed E-state index contributed by atoms with van der Waals surface area (Å²) in [5.41, 5.74) is 2.69. The average molecular weight is 314 g/mol. The summed E-state index contributed by atoms with van der Waals surface area (Å²) in [6.07, 6.45) is 5.37. The van der Waals surface area contributed by atoms with E-state index in [1.807, 2.05) is 36.5 Å². The summed E-state index contributed by atoms with van der Waals surface area (Å²) < 4.78 is 5.49. The highest BCUT2D eigenvalue weighted by Gasteiger charge is 2.25. The van der Waals surface area contributed by atoms with Crippen molar-refractivity contribution in [1.82, 2.24) is 10.3 Å². The summed E-state index contributed by atoms with van der Waals surface area (Å²) in [4.78, 5) is 15.7. The third-order valence-corrected chi connectivity index (χ3v) is 4.30. The van der Waals surface area contributed by atoms with Crippen LogP contribution in [-0.4, -0.2) is 29.2 Å². The summed E-state index contributed by atoms with van der Waals surface area (Å²) in [7, 11) is 0. The number of aliphatic hydroxyl groups excluding tert-OH is 1. The first-order chi connectivity index (χ1) is 11.3. The Morgan fingerprint density at radius 2 is 2.13 bits per heavy atom. The van der Waals surface area contributed by atoms with Gasteiger partial charge in [0.05, 0.1) is 12.2 Å². The predicted molar refractivity (Wildman–Crippen MR) is 87.6 cm³/mol. The number of carbonyl (C=O) groups excluding carboxylic acids is 1. The number of hydrogen-bond acceptors (Lipinski definition) is 3. The van der Waals surface area contributed by atoms with Crippen LogP contribution in [-0.2, 0) is 6.54 Å². The van der Waals surface area contributed by atoms with E-state index in [1.54, 1.807) is 0 Å². The molecule has 0 radical (unpaired) electrons. The summed E-state index contributed by atoms with van der Waals surface area (Å²) >= 11 is 0. The van der Waals surface area contributed by atoms with Gasteiger partial charge in [0, 0.05) is 24.0 Å². The molecule has 0 saturated heterocycles. The van der Waals surface area contributed by atoms with E-state index in [4.69, 9.17) is 9.84 Å². The second kappa shape index (κ2) is 7.33. The van der Waals surface area contributed by atoms with E-state index in [1.165, 1.54) is 6.42 Å². The van der Waals surface area contributed by atoms with E-state index in [9.17, 15) is 4.79 Å². The van der Waals surface area contributed by atoms with E-state index in [-0.39, 0.29) is 19.1 Å². The van der Waals surface area contributed by atoms with Crippen molar-refractivity contribution in [2.24, 2.45) is 0 Å². The molecule has 5 heteroatoms. The minimum atomic E-state index is -0.0647. The maximum absolute atomic E-state index is 12.5. The average Bonchev–Trinajstić information content (AvgIpc) is 2.98. The standard InChI is InChI=1S/C18H22N2O3/c21-10-11-23-16-7-2-1-4-14(16)12-20-18(22)15-8-9-19-17(15)13-5-3-6-13/h1-2,4,7-9,13,19,21H,3,5-6,10-12H2,(H,20,22).